The minimum atomic E-state index is -0.127. The molecular weight excluding hydrogens is 184 g/mol. The fraction of sp³-hybridized carbons (Fsp3) is 0.300. The monoisotopic (exact) mass is 194 g/mol. The summed E-state index contributed by atoms with van der Waals surface area (Å²) >= 11 is 1.72. The van der Waals surface area contributed by atoms with Crippen molar-refractivity contribution < 1.29 is 9.53 Å². The van der Waals surface area contributed by atoms with Gasteiger partial charge in [0.15, 0.2) is 0 Å². The maximum absolute atomic E-state index is 11.3. The van der Waals surface area contributed by atoms with E-state index >= 15 is 0 Å². The molecule has 2 rings (SSSR count). The highest BCUT2D eigenvalue weighted by molar-refractivity contribution is 7.99. The Morgan fingerprint density at radius 1 is 1.54 bits per heavy atom. The molecule has 13 heavy (non-hydrogen) atoms. The zero-order chi connectivity index (χ0) is 9.26. The Kier molecular flexibility index (Phi) is 2.27. The molecule has 1 heterocycles. The molecule has 0 amide bonds. The van der Waals surface area contributed by atoms with Gasteiger partial charge in [0, 0.05) is 10.6 Å². The van der Waals surface area contributed by atoms with Crippen LogP contribution in [-0.2, 0) is 9.53 Å². The van der Waals surface area contributed by atoms with Crippen LogP contribution >= 0.6 is 11.8 Å². The van der Waals surface area contributed by atoms with Gasteiger partial charge in [-0.3, -0.25) is 4.79 Å². The summed E-state index contributed by atoms with van der Waals surface area (Å²) in [6.07, 6.45) is 0. The van der Waals surface area contributed by atoms with E-state index in [0.717, 1.165) is 11.3 Å². The highest BCUT2D eigenvalue weighted by Crippen LogP contribution is 2.39. The minimum absolute atomic E-state index is 0.0637. The van der Waals surface area contributed by atoms with Crippen LogP contribution in [0.1, 0.15) is 11.5 Å². The van der Waals surface area contributed by atoms with Crippen LogP contribution < -0.4 is 0 Å². The topological polar surface area (TPSA) is 26.3 Å². The number of carbonyl (C=O) groups excluding carboxylic acids is 1. The first-order valence-corrected chi connectivity index (χ1v) is 5.11. The lowest BCUT2D eigenvalue weighted by Crippen LogP contribution is -2.13. The van der Waals surface area contributed by atoms with Crippen LogP contribution in [0.5, 0.6) is 0 Å². The Balaban J connectivity index is 2.33. The molecule has 0 bridgehead atoms. The van der Waals surface area contributed by atoms with Crippen LogP contribution in [0.3, 0.4) is 0 Å². The van der Waals surface area contributed by atoms with Crippen molar-refractivity contribution in [1.82, 2.24) is 0 Å². The molecule has 0 saturated carbocycles. The van der Waals surface area contributed by atoms with E-state index in [9.17, 15) is 4.79 Å². The Labute approximate surface area is 81.3 Å². The standard InChI is InChI=1S/C10H10O2S/c1-12-10(11)8-6-13-9-5-3-2-4-7(8)9/h2-5,8H,6H2,1H3/t8-/m1/s1. The van der Waals surface area contributed by atoms with Crippen molar-refractivity contribution in [2.75, 3.05) is 12.9 Å². The molecule has 0 aromatic heterocycles. The Bertz CT molecular complexity index is 335. The lowest BCUT2D eigenvalue weighted by molar-refractivity contribution is -0.141. The summed E-state index contributed by atoms with van der Waals surface area (Å²) < 4.78 is 4.74. The molecule has 68 valence electrons. The quantitative estimate of drug-likeness (QED) is 0.640. The average Bonchev–Trinajstić information content (AvgIpc) is 2.60. The zero-order valence-electron chi connectivity index (χ0n) is 7.32. The van der Waals surface area contributed by atoms with Gasteiger partial charge in [-0.05, 0) is 11.6 Å². The van der Waals surface area contributed by atoms with Crippen LogP contribution in [0.15, 0.2) is 29.2 Å². The molecule has 1 aromatic carbocycles. The second-order valence-electron chi connectivity index (χ2n) is 2.92. The summed E-state index contributed by atoms with van der Waals surface area (Å²) in [7, 11) is 1.44. The number of carbonyl (C=O) groups is 1. The molecule has 0 radical (unpaired) electrons. The van der Waals surface area contributed by atoms with Gasteiger partial charge in [0.25, 0.3) is 0 Å². The van der Waals surface area contributed by atoms with Gasteiger partial charge in [0.2, 0.25) is 0 Å². The smallest absolute Gasteiger partial charge is 0.314 e. The molecule has 2 nitrogen and oxygen atoms in total. The van der Waals surface area contributed by atoms with Gasteiger partial charge in [0.1, 0.15) is 0 Å². The number of hydrogen-bond donors (Lipinski definition) is 0. The van der Waals surface area contributed by atoms with Crippen molar-refractivity contribution in [3.63, 3.8) is 0 Å². The number of hydrogen-bond acceptors (Lipinski definition) is 3. The molecule has 1 atom stereocenters. The van der Waals surface area contributed by atoms with E-state index in [1.165, 1.54) is 12.0 Å². The first kappa shape index (κ1) is 8.63. The average molecular weight is 194 g/mol. The Hall–Kier alpha value is -0.960. The molecule has 0 saturated heterocycles. The zero-order valence-corrected chi connectivity index (χ0v) is 8.14. The molecule has 1 aromatic rings. The van der Waals surface area contributed by atoms with Gasteiger partial charge in [-0.2, -0.15) is 0 Å². The molecule has 0 fully saturated rings. The van der Waals surface area contributed by atoms with E-state index < -0.39 is 0 Å². The van der Waals surface area contributed by atoms with Crippen LogP contribution in [0.25, 0.3) is 0 Å². The van der Waals surface area contributed by atoms with Crippen molar-refractivity contribution in [3.8, 4) is 0 Å². The van der Waals surface area contributed by atoms with Crippen molar-refractivity contribution in [1.29, 1.82) is 0 Å². The maximum Gasteiger partial charge on any atom is 0.314 e. The third-order valence-corrected chi connectivity index (χ3v) is 3.37. The molecule has 1 aliphatic rings. The third kappa shape index (κ3) is 1.44. The fourth-order valence-electron chi connectivity index (χ4n) is 1.50. The second-order valence-corrected chi connectivity index (χ2v) is 3.99. The van der Waals surface area contributed by atoms with E-state index in [0.29, 0.717) is 0 Å². The molecule has 0 N–H and O–H groups in total. The highest BCUT2D eigenvalue weighted by Gasteiger charge is 2.29. The van der Waals surface area contributed by atoms with Crippen LogP contribution in [0.2, 0.25) is 0 Å². The number of esters is 1. The SMILES string of the molecule is COC(=O)[C@@H]1CSc2ccccc21. The Morgan fingerprint density at radius 3 is 3.08 bits per heavy atom. The van der Waals surface area contributed by atoms with Crippen LogP contribution in [-0.4, -0.2) is 18.8 Å². The van der Waals surface area contributed by atoms with Crippen LogP contribution in [0, 0.1) is 0 Å². The number of rotatable bonds is 1. The third-order valence-electron chi connectivity index (χ3n) is 2.19. The van der Waals surface area contributed by atoms with E-state index in [2.05, 4.69) is 0 Å². The summed E-state index contributed by atoms with van der Waals surface area (Å²) in [5, 5.41) is 0. The van der Waals surface area contributed by atoms with E-state index in [4.69, 9.17) is 4.74 Å². The largest absolute Gasteiger partial charge is 0.469 e. The molecular formula is C10H10O2S. The van der Waals surface area contributed by atoms with Crippen molar-refractivity contribution in [2.24, 2.45) is 0 Å². The van der Waals surface area contributed by atoms with Crippen molar-refractivity contribution >= 4 is 17.7 Å². The number of ether oxygens (including phenoxy) is 1. The molecule has 3 heteroatoms. The number of benzene rings is 1. The summed E-state index contributed by atoms with van der Waals surface area (Å²) in [5.74, 6) is 0.620. The summed E-state index contributed by atoms with van der Waals surface area (Å²) in [6, 6.07) is 7.99. The molecule has 1 aliphatic heterocycles. The first-order chi connectivity index (χ1) is 6.33. The number of thioether (sulfide) groups is 1. The van der Waals surface area contributed by atoms with Gasteiger partial charge in [-0.1, -0.05) is 18.2 Å². The van der Waals surface area contributed by atoms with Crippen molar-refractivity contribution in [3.05, 3.63) is 29.8 Å². The van der Waals surface area contributed by atoms with Gasteiger partial charge >= 0.3 is 5.97 Å². The summed E-state index contributed by atoms with van der Waals surface area (Å²) in [4.78, 5) is 12.5. The summed E-state index contributed by atoms with van der Waals surface area (Å²) in [6.45, 7) is 0. The number of fused-ring (bicyclic) bond motifs is 1. The first-order valence-electron chi connectivity index (χ1n) is 4.12. The van der Waals surface area contributed by atoms with Gasteiger partial charge in [0.05, 0.1) is 13.0 Å². The molecule has 0 spiro atoms. The van der Waals surface area contributed by atoms with Crippen LogP contribution in [0.4, 0.5) is 0 Å². The highest BCUT2D eigenvalue weighted by atomic mass is 32.2. The lowest BCUT2D eigenvalue weighted by atomic mass is 10.0. The predicted octanol–water partition coefficient (Wildman–Crippen LogP) is 2.05. The maximum atomic E-state index is 11.3. The van der Waals surface area contributed by atoms with Gasteiger partial charge in [-0.25, -0.2) is 0 Å². The van der Waals surface area contributed by atoms with E-state index in [1.54, 1.807) is 11.8 Å². The Morgan fingerprint density at radius 2 is 2.31 bits per heavy atom. The fourth-order valence-corrected chi connectivity index (χ4v) is 2.71. The number of methoxy groups -OCH3 is 1. The molecule has 0 aliphatic carbocycles. The molecule has 0 unspecified atom stereocenters. The van der Waals surface area contributed by atoms with Crippen molar-refractivity contribution in [2.45, 2.75) is 10.8 Å². The van der Waals surface area contributed by atoms with E-state index in [-0.39, 0.29) is 11.9 Å². The lowest BCUT2D eigenvalue weighted by Gasteiger charge is -2.06. The second kappa shape index (κ2) is 3.42. The summed E-state index contributed by atoms with van der Waals surface area (Å²) in [5.41, 5.74) is 1.11. The van der Waals surface area contributed by atoms with Gasteiger partial charge < -0.3 is 4.74 Å². The normalized spacial score (nSPS) is 19.6. The van der Waals surface area contributed by atoms with E-state index in [1.807, 2.05) is 24.3 Å². The minimum Gasteiger partial charge on any atom is -0.469 e. The van der Waals surface area contributed by atoms with Gasteiger partial charge in [-0.15, -0.1) is 11.8 Å². The predicted molar refractivity (Wildman–Crippen MR) is 51.9 cm³/mol.